The molecule has 0 spiro atoms. The molecule has 1 aliphatic rings. The van der Waals surface area contributed by atoms with Gasteiger partial charge in [0.05, 0.1) is 17.8 Å². The number of anilines is 1. The molecule has 3 N–H and O–H groups in total. The first-order valence-electron chi connectivity index (χ1n) is 5.74. The summed E-state index contributed by atoms with van der Waals surface area (Å²) in [6.45, 7) is 0. The zero-order chi connectivity index (χ0) is 11.4. The van der Waals surface area contributed by atoms with Crippen LogP contribution >= 0.6 is 0 Å². The Morgan fingerprint density at radius 1 is 1.44 bits per heavy atom. The minimum atomic E-state index is -0.0473. The molecule has 1 fully saturated rings. The Kier molecular flexibility index (Phi) is 3.51. The SMILES string of the molecule is NC1CCCCC1C(=O)Nc1cccnc1. The second kappa shape index (κ2) is 5.07. The quantitative estimate of drug-likeness (QED) is 0.792. The van der Waals surface area contributed by atoms with Crippen LogP contribution in [0, 0.1) is 5.92 Å². The number of carbonyl (C=O) groups excluding carboxylic acids is 1. The number of carbonyl (C=O) groups is 1. The van der Waals surface area contributed by atoms with Gasteiger partial charge >= 0.3 is 0 Å². The fourth-order valence-electron chi connectivity index (χ4n) is 2.16. The van der Waals surface area contributed by atoms with Crippen molar-refractivity contribution in [1.82, 2.24) is 4.98 Å². The van der Waals surface area contributed by atoms with Crippen molar-refractivity contribution in [2.75, 3.05) is 5.32 Å². The van der Waals surface area contributed by atoms with Gasteiger partial charge in [0, 0.05) is 12.2 Å². The van der Waals surface area contributed by atoms with E-state index >= 15 is 0 Å². The van der Waals surface area contributed by atoms with Crippen LogP contribution in [0.1, 0.15) is 25.7 Å². The van der Waals surface area contributed by atoms with E-state index in [1.165, 1.54) is 0 Å². The van der Waals surface area contributed by atoms with E-state index in [0.717, 1.165) is 31.4 Å². The third-order valence-electron chi connectivity index (χ3n) is 3.09. The molecule has 0 bridgehead atoms. The topological polar surface area (TPSA) is 68.0 Å². The first-order valence-corrected chi connectivity index (χ1v) is 5.74. The molecule has 1 saturated carbocycles. The maximum Gasteiger partial charge on any atom is 0.229 e. The predicted molar refractivity (Wildman–Crippen MR) is 62.8 cm³/mol. The van der Waals surface area contributed by atoms with Crippen LogP contribution in [0.25, 0.3) is 0 Å². The molecule has 0 aromatic carbocycles. The minimum absolute atomic E-state index is 0.00502. The summed E-state index contributed by atoms with van der Waals surface area (Å²) < 4.78 is 0. The van der Waals surface area contributed by atoms with Gasteiger partial charge in [0.2, 0.25) is 5.91 Å². The van der Waals surface area contributed by atoms with Gasteiger partial charge in [0.1, 0.15) is 0 Å². The second-order valence-corrected chi connectivity index (χ2v) is 4.29. The van der Waals surface area contributed by atoms with Crippen LogP contribution in [-0.4, -0.2) is 16.9 Å². The number of nitrogens with one attached hydrogen (secondary N) is 1. The Morgan fingerprint density at radius 3 is 2.94 bits per heavy atom. The predicted octanol–water partition coefficient (Wildman–Crippen LogP) is 1.54. The summed E-state index contributed by atoms with van der Waals surface area (Å²) in [6, 6.07) is 3.64. The van der Waals surface area contributed by atoms with Gasteiger partial charge in [-0.15, -0.1) is 0 Å². The van der Waals surface area contributed by atoms with Gasteiger partial charge in [-0.05, 0) is 25.0 Å². The number of nitrogens with zero attached hydrogens (tertiary/aromatic N) is 1. The monoisotopic (exact) mass is 219 g/mol. The average Bonchev–Trinajstić information content (AvgIpc) is 2.31. The summed E-state index contributed by atoms with van der Waals surface area (Å²) in [7, 11) is 0. The lowest BCUT2D eigenvalue weighted by molar-refractivity contribution is -0.121. The molecule has 2 rings (SSSR count). The van der Waals surface area contributed by atoms with Crippen LogP contribution in [0.5, 0.6) is 0 Å². The van der Waals surface area contributed by atoms with E-state index in [1.54, 1.807) is 18.5 Å². The van der Waals surface area contributed by atoms with E-state index in [0.29, 0.717) is 0 Å². The Hall–Kier alpha value is -1.42. The second-order valence-electron chi connectivity index (χ2n) is 4.29. The van der Waals surface area contributed by atoms with E-state index in [2.05, 4.69) is 10.3 Å². The van der Waals surface area contributed by atoms with Crippen LogP contribution in [0.15, 0.2) is 24.5 Å². The van der Waals surface area contributed by atoms with Gasteiger partial charge in [-0.2, -0.15) is 0 Å². The van der Waals surface area contributed by atoms with E-state index < -0.39 is 0 Å². The van der Waals surface area contributed by atoms with Gasteiger partial charge in [-0.3, -0.25) is 9.78 Å². The molecular formula is C12H17N3O. The molecule has 0 radical (unpaired) electrons. The summed E-state index contributed by atoms with van der Waals surface area (Å²) in [6.07, 6.45) is 7.41. The normalized spacial score (nSPS) is 25.1. The molecule has 0 aliphatic heterocycles. The molecule has 4 heteroatoms. The van der Waals surface area contributed by atoms with E-state index in [1.807, 2.05) is 6.07 Å². The molecule has 16 heavy (non-hydrogen) atoms. The Bertz CT molecular complexity index is 353. The van der Waals surface area contributed by atoms with E-state index in [9.17, 15) is 4.79 Å². The summed E-state index contributed by atoms with van der Waals surface area (Å²) in [5.41, 5.74) is 6.70. The highest BCUT2D eigenvalue weighted by Gasteiger charge is 2.28. The number of hydrogen-bond acceptors (Lipinski definition) is 3. The molecule has 1 amide bonds. The third-order valence-corrected chi connectivity index (χ3v) is 3.09. The van der Waals surface area contributed by atoms with Crippen LogP contribution in [0.3, 0.4) is 0 Å². The van der Waals surface area contributed by atoms with E-state index in [4.69, 9.17) is 5.73 Å². The summed E-state index contributed by atoms with van der Waals surface area (Å²) >= 11 is 0. The number of nitrogens with two attached hydrogens (primary N) is 1. The Balaban J connectivity index is 1.97. The number of pyridine rings is 1. The summed E-state index contributed by atoms with van der Waals surface area (Å²) in [5.74, 6) is -0.0193. The fourth-order valence-corrected chi connectivity index (χ4v) is 2.16. The minimum Gasteiger partial charge on any atom is -0.327 e. The van der Waals surface area contributed by atoms with Gasteiger partial charge in [0.25, 0.3) is 0 Å². The number of aromatic nitrogens is 1. The molecule has 2 unspecified atom stereocenters. The fraction of sp³-hybridized carbons (Fsp3) is 0.500. The molecule has 1 aromatic heterocycles. The molecule has 0 saturated heterocycles. The smallest absolute Gasteiger partial charge is 0.229 e. The zero-order valence-electron chi connectivity index (χ0n) is 9.23. The van der Waals surface area contributed by atoms with Gasteiger partial charge in [-0.1, -0.05) is 12.8 Å². The lowest BCUT2D eigenvalue weighted by Gasteiger charge is -2.27. The molecule has 1 heterocycles. The van der Waals surface area contributed by atoms with Crippen molar-refractivity contribution in [3.05, 3.63) is 24.5 Å². The van der Waals surface area contributed by atoms with Gasteiger partial charge in [-0.25, -0.2) is 0 Å². The van der Waals surface area contributed by atoms with Gasteiger partial charge < -0.3 is 11.1 Å². The average molecular weight is 219 g/mol. The molecular weight excluding hydrogens is 202 g/mol. The van der Waals surface area contributed by atoms with Crippen molar-refractivity contribution in [1.29, 1.82) is 0 Å². The van der Waals surface area contributed by atoms with Crippen molar-refractivity contribution < 1.29 is 4.79 Å². The number of hydrogen-bond donors (Lipinski definition) is 2. The highest BCUT2D eigenvalue weighted by molar-refractivity contribution is 5.92. The molecule has 1 aromatic rings. The first-order chi connectivity index (χ1) is 7.77. The van der Waals surface area contributed by atoms with Gasteiger partial charge in [0.15, 0.2) is 0 Å². The molecule has 1 aliphatic carbocycles. The zero-order valence-corrected chi connectivity index (χ0v) is 9.23. The lowest BCUT2D eigenvalue weighted by Crippen LogP contribution is -2.40. The highest BCUT2D eigenvalue weighted by atomic mass is 16.1. The van der Waals surface area contributed by atoms with Crippen LogP contribution < -0.4 is 11.1 Å². The van der Waals surface area contributed by atoms with Crippen LogP contribution in [-0.2, 0) is 4.79 Å². The third kappa shape index (κ3) is 2.58. The van der Waals surface area contributed by atoms with Crippen molar-refractivity contribution in [2.45, 2.75) is 31.7 Å². The lowest BCUT2D eigenvalue weighted by atomic mass is 9.84. The van der Waals surface area contributed by atoms with Crippen molar-refractivity contribution in [3.8, 4) is 0 Å². The van der Waals surface area contributed by atoms with Crippen LogP contribution in [0.2, 0.25) is 0 Å². The number of rotatable bonds is 2. The summed E-state index contributed by atoms with van der Waals surface area (Å²) in [5, 5.41) is 2.86. The highest BCUT2D eigenvalue weighted by Crippen LogP contribution is 2.24. The Labute approximate surface area is 95.3 Å². The van der Waals surface area contributed by atoms with Crippen molar-refractivity contribution in [2.24, 2.45) is 11.7 Å². The number of amides is 1. The maximum absolute atomic E-state index is 12.0. The standard InChI is InChI=1S/C12H17N3O/c13-11-6-2-1-5-10(11)12(16)15-9-4-3-7-14-8-9/h3-4,7-8,10-11H,1-2,5-6,13H2,(H,15,16). The first kappa shape index (κ1) is 11.1. The van der Waals surface area contributed by atoms with E-state index in [-0.39, 0.29) is 17.9 Å². The van der Waals surface area contributed by atoms with Crippen molar-refractivity contribution in [3.63, 3.8) is 0 Å². The molecule has 2 atom stereocenters. The molecule has 86 valence electrons. The largest absolute Gasteiger partial charge is 0.327 e. The van der Waals surface area contributed by atoms with Crippen LogP contribution in [0.4, 0.5) is 5.69 Å². The Morgan fingerprint density at radius 2 is 2.25 bits per heavy atom. The summed E-state index contributed by atoms with van der Waals surface area (Å²) in [4.78, 5) is 15.9. The molecule has 4 nitrogen and oxygen atoms in total. The van der Waals surface area contributed by atoms with Crippen molar-refractivity contribution >= 4 is 11.6 Å². The maximum atomic E-state index is 12.0.